The van der Waals surface area contributed by atoms with Crippen molar-refractivity contribution in [2.24, 2.45) is 0 Å². The van der Waals surface area contributed by atoms with Gasteiger partial charge in [-0.05, 0) is 43.5 Å². The van der Waals surface area contributed by atoms with E-state index in [1.165, 1.54) is 5.56 Å². The number of anilines is 1. The van der Waals surface area contributed by atoms with Crippen LogP contribution in [0.5, 0.6) is 5.75 Å². The minimum atomic E-state index is -0.631. The van der Waals surface area contributed by atoms with Crippen molar-refractivity contribution in [3.05, 3.63) is 64.5 Å². The average molecular weight is 478 g/mol. The molecule has 0 radical (unpaired) electrons. The second-order valence-electron chi connectivity index (χ2n) is 8.54. The molecule has 1 unspecified atom stereocenters. The van der Waals surface area contributed by atoms with Crippen LogP contribution in [0.2, 0.25) is 0 Å². The maximum atomic E-state index is 13.1. The molecule has 3 aromatic rings. The predicted molar refractivity (Wildman–Crippen MR) is 136 cm³/mol. The predicted octanol–water partition coefficient (Wildman–Crippen LogP) is 5.16. The summed E-state index contributed by atoms with van der Waals surface area (Å²) >= 11 is 1.62. The van der Waals surface area contributed by atoms with Crippen molar-refractivity contribution in [2.45, 2.75) is 46.1 Å². The third-order valence-electron chi connectivity index (χ3n) is 5.85. The Morgan fingerprint density at radius 1 is 1.12 bits per heavy atom. The van der Waals surface area contributed by atoms with Gasteiger partial charge in [0.2, 0.25) is 5.91 Å². The number of rotatable bonds is 9. The number of carbonyl (C=O) groups is 2. The van der Waals surface area contributed by atoms with E-state index in [1.807, 2.05) is 46.7 Å². The van der Waals surface area contributed by atoms with E-state index in [4.69, 9.17) is 9.72 Å². The van der Waals surface area contributed by atoms with Gasteiger partial charge in [0.15, 0.2) is 6.10 Å². The van der Waals surface area contributed by atoms with E-state index < -0.39 is 6.10 Å². The molecule has 1 atom stereocenters. The second-order valence-corrected chi connectivity index (χ2v) is 9.48. The Morgan fingerprint density at radius 3 is 2.56 bits per heavy atom. The van der Waals surface area contributed by atoms with E-state index in [9.17, 15) is 9.59 Å². The van der Waals surface area contributed by atoms with Crippen LogP contribution in [-0.2, 0) is 16.0 Å². The summed E-state index contributed by atoms with van der Waals surface area (Å²) < 4.78 is 5.85. The van der Waals surface area contributed by atoms with Gasteiger partial charge in [0.05, 0.1) is 16.4 Å². The number of nitrogens with zero attached hydrogens (tertiary/aromatic N) is 3. The van der Waals surface area contributed by atoms with E-state index in [0.717, 1.165) is 35.5 Å². The zero-order valence-corrected chi connectivity index (χ0v) is 20.8. The van der Waals surface area contributed by atoms with E-state index in [0.29, 0.717) is 24.5 Å². The summed E-state index contributed by atoms with van der Waals surface area (Å²) in [5.41, 5.74) is 3.60. The highest BCUT2D eigenvalue weighted by Gasteiger charge is 2.34. The number of benzene rings is 2. The number of hydrogen-bond acceptors (Lipinski definition) is 5. The summed E-state index contributed by atoms with van der Waals surface area (Å²) in [6.07, 6.45) is 1.92. The van der Waals surface area contributed by atoms with Crippen molar-refractivity contribution >= 4 is 28.8 Å². The Morgan fingerprint density at radius 2 is 1.85 bits per heavy atom. The number of ether oxygens (including phenoxy) is 1. The number of hydrogen-bond donors (Lipinski definition) is 0. The average Bonchev–Trinajstić information content (AvgIpc) is 3.30. The van der Waals surface area contributed by atoms with Gasteiger partial charge < -0.3 is 9.64 Å². The van der Waals surface area contributed by atoms with Crippen molar-refractivity contribution in [2.75, 3.05) is 24.5 Å². The zero-order chi connectivity index (χ0) is 24.1. The summed E-state index contributed by atoms with van der Waals surface area (Å²) in [6.45, 7) is 7.23. The second kappa shape index (κ2) is 10.8. The van der Waals surface area contributed by atoms with Crippen LogP contribution in [0.25, 0.3) is 11.3 Å². The molecule has 0 spiro atoms. The van der Waals surface area contributed by atoms with Gasteiger partial charge >= 0.3 is 0 Å². The van der Waals surface area contributed by atoms with Crippen molar-refractivity contribution in [3.63, 3.8) is 0 Å². The lowest BCUT2D eigenvalue weighted by atomic mass is 10.1. The molecule has 34 heavy (non-hydrogen) atoms. The van der Waals surface area contributed by atoms with Crippen LogP contribution in [0.3, 0.4) is 0 Å². The molecule has 0 fully saturated rings. The summed E-state index contributed by atoms with van der Waals surface area (Å²) in [5.74, 6) is 0.372. The fourth-order valence-corrected chi connectivity index (χ4v) is 5.00. The van der Waals surface area contributed by atoms with E-state index in [1.54, 1.807) is 23.2 Å². The van der Waals surface area contributed by atoms with Crippen LogP contribution < -0.4 is 9.64 Å². The Balaban J connectivity index is 1.59. The van der Waals surface area contributed by atoms with Crippen molar-refractivity contribution in [1.82, 2.24) is 9.88 Å². The van der Waals surface area contributed by atoms with Gasteiger partial charge in [0.1, 0.15) is 12.3 Å². The lowest BCUT2D eigenvalue weighted by Crippen LogP contribution is -2.49. The highest BCUT2D eigenvalue weighted by molar-refractivity contribution is 7.10. The molecule has 0 N–H and O–H groups in total. The van der Waals surface area contributed by atoms with Gasteiger partial charge in [-0.1, -0.05) is 44.2 Å². The molecule has 6 nitrogen and oxygen atoms in total. The summed E-state index contributed by atoms with van der Waals surface area (Å²) in [4.78, 5) is 34.3. The molecule has 1 aliphatic heterocycles. The van der Waals surface area contributed by atoms with Crippen LogP contribution >= 0.6 is 11.3 Å². The van der Waals surface area contributed by atoms with E-state index in [2.05, 4.69) is 26.0 Å². The highest BCUT2D eigenvalue weighted by atomic mass is 32.1. The Kier molecular flexibility index (Phi) is 7.63. The quantitative estimate of drug-likeness (QED) is 0.427. The topological polar surface area (TPSA) is 62.7 Å². The molecule has 2 aromatic carbocycles. The Labute approximate surface area is 205 Å². The van der Waals surface area contributed by atoms with Crippen LogP contribution in [-0.4, -0.2) is 47.4 Å². The van der Waals surface area contributed by atoms with Crippen LogP contribution in [0.1, 0.15) is 44.2 Å². The molecule has 0 saturated heterocycles. The van der Waals surface area contributed by atoms with Crippen molar-refractivity contribution < 1.29 is 14.3 Å². The zero-order valence-electron chi connectivity index (χ0n) is 20.0. The monoisotopic (exact) mass is 477 g/mol. The maximum Gasteiger partial charge on any atom is 0.268 e. The number of fused-ring (bicyclic) bond motifs is 1. The molecule has 4 rings (SSSR count). The van der Waals surface area contributed by atoms with Gasteiger partial charge in [0.25, 0.3) is 5.91 Å². The third-order valence-corrected chi connectivity index (χ3v) is 6.69. The van der Waals surface area contributed by atoms with Crippen molar-refractivity contribution in [3.8, 4) is 17.0 Å². The smallest absolute Gasteiger partial charge is 0.268 e. The van der Waals surface area contributed by atoms with Crippen LogP contribution in [0.4, 0.5) is 5.69 Å². The first-order valence-electron chi connectivity index (χ1n) is 11.9. The first-order chi connectivity index (χ1) is 16.5. The molecule has 0 saturated carbocycles. The fourth-order valence-electron chi connectivity index (χ4n) is 4.16. The van der Waals surface area contributed by atoms with Crippen LogP contribution in [0, 0.1) is 0 Å². The molecule has 0 bridgehead atoms. The largest absolute Gasteiger partial charge is 0.479 e. The van der Waals surface area contributed by atoms with Gasteiger partial charge in [-0.3, -0.25) is 14.5 Å². The van der Waals surface area contributed by atoms with E-state index in [-0.39, 0.29) is 18.4 Å². The third kappa shape index (κ3) is 5.30. The number of carbonyl (C=O) groups excluding carboxylic acids is 2. The molecule has 1 aliphatic rings. The molecular formula is C27H31N3O3S. The van der Waals surface area contributed by atoms with Gasteiger partial charge in [-0.25, -0.2) is 4.98 Å². The number of amides is 2. The molecule has 2 amide bonds. The van der Waals surface area contributed by atoms with Gasteiger partial charge in [-0.15, -0.1) is 11.3 Å². The Hall–Kier alpha value is -3.19. The van der Waals surface area contributed by atoms with Gasteiger partial charge in [0, 0.05) is 30.5 Å². The number of thiazole rings is 1. The van der Waals surface area contributed by atoms with E-state index >= 15 is 0 Å². The minimum Gasteiger partial charge on any atom is -0.479 e. The molecule has 1 aromatic heterocycles. The SMILES string of the molecule is CCCN(CCC)C(=O)CN1C(=O)C(C)Oc2ccc(-c3csc(Cc4ccccc4)n3)cc21. The fraction of sp³-hybridized carbons (Fsp3) is 0.370. The van der Waals surface area contributed by atoms with Gasteiger partial charge in [-0.2, -0.15) is 0 Å². The summed E-state index contributed by atoms with van der Waals surface area (Å²) in [7, 11) is 0. The molecular weight excluding hydrogens is 446 g/mol. The molecule has 2 heterocycles. The minimum absolute atomic E-state index is 0.0132. The standard InChI is InChI=1S/C27H31N3O3S/c1-4-13-29(14-5-2)26(31)17-30-23-16-21(11-12-24(23)33-19(3)27(30)32)22-18-34-25(28-22)15-20-9-7-6-8-10-20/h6-12,16,18-19H,4-5,13-15,17H2,1-3H3. The summed E-state index contributed by atoms with van der Waals surface area (Å²) in [6, 6.07) is 16.0. The highest BCUT2D eigenvalue weighted by Crippen LogP contribution is 2.38. The van der Waals surface area contributed by atoms with Crippen molar-refractivity contribution in [1.29, 1.82) is 0 Å². The Bertz CT molecular complexity index is 1140. The summed E-state index contributed by atoms with van der Waals surface area (Å²) in [5, 5.41) is 3.06. The van der Waals surface area contributed by atoms with Crippen LogP contribution in [0.15, 0.2) is 53.9 Å². The lowest BCUT2D eigenvalue weighted by Gasteiger charge is -2.34. The molecule has 0 aliphatic carbocycles. The lowest BCUT2D eigenvalue weighted by molar-refractivity contribution is -0.133. The number of aromatic nitrogens is 1. The maximum absolute atomic E-state index is 13.1. The normalized spacial score (nSPS) is 15.1. The molecule has 7 heteroatoms. The first-order valence-corrected chi connectivity index (χ1v) is 12.8. The molecule has 178 valence electrons. The first kappa shape index (κ1) is 24.0.